The van der Waals surface area contributed by atoms with Gasteiger partial charge in [0.2, 0.25) is 0 Å². The summed E-state index contributed by atoms with van der Waals surface area (Å²) < 4.78 is 6.09. The van der Waals surface area contributed by atoms with Crippen molar-refractivity contribution in [1.82, 2.24) is 0 Å². The first kappa shape index (κ1) is 21.1. The summed E-state index contributed by atoms with van der Waals surface area (Å²) >= 11 is 0. The fraction of sp³-hybridized carbons (Fsp3) is 0.846. The summed E-state index contributed by atoms with van der Waals surface area (Å²) in [5.74, 6) is 2.48. The Morgan fingerprint density at radius 2 is 1.86 bits per heavy atom. The van der Waals surface area contributed by atoms with Crippen molar-refractivity contribution in [1.29, 1.82) is 0 Å². The minimum Gasteiger partial charge on any atom is -0.462 e. The molecule has 0 amide bonds. The topological polar surface area (TPSA) is 43.4 Å². The molecule has 3 nitrogen and oxygen atoms in total. The largest absolute Gasteiger partial charge is 0.462 e. The average molecular weight is 401 g/mol. The number of carbonyl (C=O) groups is 2. The van der Waals surface area contributed by atoms with Gasteiger partial charge >= 0.3 is 5.97 Å². The summed E-state index contributed by atoms with van der Waals surface area (Å²) in [6, 6.07) is 0. The molecule has 4 aliphatic carbocycles. The highest BCUT2D eigenvalue weighted by Crippen LogP contribution is 2.65. The van der Waals surface area contributed by atoms with E-state index in [1.54, 1.807) is 0 Å². The van der Waals surface area contributed by atoms with Crippen molar-refractivity contribution in [3.63, 3.8) is 0 Å². The van der Waals surface area contributed by atoms with Crippen LogP contribution in [0.1, 0.15) is 104 Å². The van der Waals surface area contributed by atoms with Gasteiger partial charge in [0, 0.05) is 18.3 Å². The maximum Gasteiger partial charge on any atom is 0.306 e. The molecule has 3 fully saturated rings. The first-order chi connectivity index (χ1) is 13.9. The summed E-state index contributed by atoms with van der Waals surface area (Å²) in [5, 5.41) is 0. The van der Waals surface area contributed by atoms with Crippen LogP contribution < -0.4 is 0 Å². The maximum absolute atomic E-state index is 12.5. The number of unbranched alkanes of at least 4 members (excludes halogenated alkanes) is 3. The molecule has 0 aliphatic heterocycles. The Morgan fingerprint density at radius 1 is 1.03 bits per heavy atom. The third-order valence-electron chi connectivity index (χ3n) is 9.38. The van der Waals surface area contributed by atoms with Gasteiger partial charge in [0.25, 0.3) is 0 Å². The molecule has 0 saturated heterocycles. The lowest BCUT2D eigenvalue weighted by atomic mass is 9.47. The van der Waals surface area contributed by atoms with Gasteiger partial charge in [-0.25, -0.2) is 0 Å². The molecule has 29 heavy (non-hydrogen) atoms. The van der Waals surface area contributed by atoms with E-state index in [-0.39, 0.29) is 22.9 Å². The number of ether oxygens (including phenoxy) is 1. The lowest BCUT2D eigenvalue weighted by Crippen LogP contribution is -2.51. The molecular formula is C26H40O3. The van der Waals surface area contributed by atoms with E-state index in [0.717, 1.165) is 44.4 Å². The van der Waals surface area contributed by atoms with E-state index in [1.807, 2.05) is 6.08 Å². The zero-order valence-corrected chi connectivity index (χ0v) is 18.8. The molecule has 3 heteroatoms. The van der Waals surface area contributed by atoms with Crippen molar-refractivity contribution in [3.05, 3.63) is 11.6 Å². The summed E-state index contributed by atoms with van der Waals surface area (Å²) in [7, 11) is 0. The fourth-order valence-corrected chi connectivity index (χ4v) is 7.62. The molecule has 0 radical (unpaired) electrons. The summed E-state index contributed by atoms with van der Waals surface area (Å²) in [6.07, 6.45) is 15.9. The molecule has 3 saturated carbocycles. The van der Waals surface area contributed by atoms with Crippen molar-refractivity contribution in [3.8, 4) is 0 Å². The Labute approximate surface area is 177 Å². The van der Waals surface area contributed by atoms with E-state index in [9.17, 15) is 9.59 Å². The van der Waals surface area contributed by atoms with Crippen LogP contribution in [0, 0.1) is 28.6 Å². The van der Waals surface area contributed by atoms with E-state index in [0.29, 0.717) is 24.0 Å². The summed E-state index contributed by atoms with van der Waals surface area (Å²) in [4.78, 5) is 24.5. The Balaban J connectivity index is 1.43. The van der Waals surface area contributed by atoms with Crippen molar-refractivity contribution in [2.45, 2.75) is 110 Å². The van der Waals surface area contributed by atoms with Gasteiger partial charge in [0.05, 0.1) is 0 Å². The third kappa shape index (κ3) is 3.72. The minimum absolute atomic E-state index is 0.0294. The number of esters is 1. The smallest absolute Gasteiger partial charge is 0.306 e. The van der Waals surface area contributed by atoms with Gasteiger partial charge in [-0.3, -0.25) is 9.59 Å². The molecule has 0 aromatic carbocycles. The van der Waals surface area contributed by atoms with E-state index >= 15 is 0 Å². The Bertz CT molecular complexity index is 679. The SMILES string of the molecule is CCCCCCC(=O)O[C@H]1CC[C@@H]2[C@H]3CCC4=CC(=O)CC[C@]4(C)[C@@H]3CC[C@]12C. The van der Waals surface area contributed by atoms with Crippen LogP contribution in [0.25, 0.3) is 0 Å². The molecule has 0 heterocycles. The van der Waals surface area contributed by atoms with Gasteiger partial charge in [0.15, 0.2) is 5.78 Å². The molecular weight excluding hydrogens is 360 g/mol. The number of ketones is 1. The quantitative estimate of drug-likeness (QED) is 0.383. The molecule has 0 aromatic heterocycles. The molecule has 4 aliphatic rings. The van der Waals surface area contributed by atoms with E-state index in [1.165, 1.54) is 44.1 Å². The van der Waals surface area contributed by atoms with Crippen LogP contribution in [0.2, 0.25) is 0 Å². The second kappa shape index (κ2) is 8.19. The van der Waals surface area contributed by atoms with Gasteiger partial charge in [-0.05, 0) is 80.6 Å². The number of carbonyl (C=O) groups excluding carboxylic acids is 2. The normalized spacial score (nSPS) is 41.2. The Morgan fingerprint density at radius 3 is 2.66 bits per heavy atom. The second-order valence-electron chi connectivity index (χ2n) is 10.9. The minimum atomic E-state index is 0.0294. The Hall–Kier alpha value is -1.12. The molecule has 0 bridgehead atoms. The number of hydrogen-bond donors (Lipinski definition) is 0. The van der Waals surface area contributed by atoms with E-state index < -0.39 is 0 Å². The van der Waals surface area contributed by atoms with Crippen LogP contribution >= 0.6 is 0 Å². The molecule has 0 spiro atoms. The summed E-state index contributed by atoms with van der Waals surface area (Å²) in [6.45, 7) is 7.05. The lowest BCUT2D eigenvalue weighted by Gasteiger charge is -2.57. The van der Waals surface area contributed by atoms with Gasteiger partial charge in [-0.15, -0.1) is 0 Å². The van der Waals surface area contributed by atoms with Crippen LogP contribution in [0.3, 0.4) is 0 Å². The predicted octanol–water partition coefficient (Wildman–Crippen LogP) is 6.40. The van der Waals surface area contributed by atoms with Gasteiger partial charge in [0.1, 0.15) is 6.10 Å². The highest BCUT2D eigenvalue weighted by atomic mass is 16.5. The van der Waals surface area contributed by atoms with Crippen LogP contribution in [0.4, 0.5) is 0 Å². The maximum atomic E-state index is 12.5. The molecule has 162 valence electrons. The van der Waals surface area contributed by atoms with E-state index in [2.05, 4.69) is 20.8 Å². The van der Waals surface area contributed by atoms with Crippen LogP contribution in [-0.4, -0.2) is 17.9 Å². The van der Waals surface area contributed by atoms with Crippen molar-refractivity contribution >= 4 is 11.8 Å². The van der Waals surface area contributed by atoms with Gasteiger partial charge < -0.3 is 4.74 Å². The first-order valence-electron chi connectivity index (χ1n) is 12.3. The van der Waals surface area contributed by atoms with E-state index in [4.69, 9.17) is 4.74 Å². The second-order valence-corrected chi connectivity index (χ2v) is 10.9. The Kier molecular flexibility index (Phi) is 5.97. The lowest BCUT2D eigenvalue weighted by molar-refractivity contribution is -0.160. The fourth-order valence-electron chi connectivity index (χ4n) is 7.62. The third-order valence-corrected chi connectivity index (χ3v) is 9.38. The monoisotopic (exact) mass is 400 g/mol. The van der Waals surface area contributed by atoms with Crippen LogP contribution in [-0.2, 0) is 14.3 Å². The first-order valence-corrected chi connectivity index (χ1v) is 12.3. The predicted molar refractivity (Wildman–Crippen MR) is 115 cm³/mol. The van der Waals surface area contributed by atoms with Gasteiger partial charge in [-0.1, -0.05) is 45.6 Å². The van der Waals surface area contributed by atoms with Crippen LogP contribution in [0.5, 0.6) is 0 Å². The highest BCUT2D eigenvalue weighted by Gasteiger charge is 2.59. The number of hydrogen-bond acceptors (Lipinski definition) is 3. The molecule has 0 N–H and O–H groups in total. The van der Waals surface area contributed by atoms with Crippen LogP contribution in [0.15, 0.2) is 11.6 Å². The van der Waals surface area contributed by atoms with Gasteiger partial charge in [-0.2, -0.15) is 0 Å². The number of allylic oxidation sites excluding steroid dienone is 1. The molecule has 4 rings (SSSR count). The highest BCUT2D eigenvalue weighted by molar-refractivity contribution is 5.91. The average Bonchev–Trinajstić information content (AvgIpc) is 3.02. The summed E-state index contributed by atoms with van der Waals surface area (Å²) in [5.41, 5.74) is 1.82. The zero-order valence-electron chi connectivity index (χ0n) is 18.8. The zero-order chi connectivity index (χ0) is 20.6. The standard InChI is InChI=1S/C26H40O3/c1-4-5-6-7-8-24(28)29-23-12-11-21-20-10-9-18-17-19(27)13-15-25(18,2)22(20)14-16-26(21,23)3/h17,20-23H,4-16H2,1-3H3/t20-,21-,22-,23+,25+,26+/m1/s1. The molecule has 0 unspecified atom stereocenters. The molecule has 0 aromatic rings. The number of fused-ring (bicyclic) bond motifs is 5. The van der Waals surface area contributed by atoms with Crippen molar-refractivity contribution < 1.29 is 14.3 Å². The molecule has 6 atom stereocenters. The van der Waals surface area contributed by atoms with Crippen molar-refractivity contribution in [2.75, 3.05) is 0 Å². The van der Waals surface area contributed by atoms with Crippen molar-refractivity contribution in [2.24, 2.45) is 28.6 Å². The number of rotatable bonds is 6.